The number of esters is 1. The summed E-state index contributed by atoms with van der Waals surface area (Å²) < 4.78 is 28.9. The maximum Gasteiger partial charge on any atom is 0.363 e. The van der Waals surface area contributed by atoms with Crippen LogP contribution in [0.2, 0.25) is 0 Å². The van der Waals surface area contributed by atoms with E-state index in [0.29, 0.717) is 22.6 Å². The number of hydrogen-bond donors (Lipinski definition) is 0. The largest absolute Gasteiger partial charge is 0.454 e. The van der Waals surface area contributed by atoms with Crippen LogP contribution in [-0.4, -0.2) is 18.7 Å². The molecule has 5 nitrogen and oxygen atoms in total. The molecule has 0 N–H and O–H groups in total. The third-order valence-electron chi connectivity index (χ3n) is 3.39. The fraction of sp³-hybridized carbons (Fsp3) is 0.0588. The molecule has 2 aliphatic heterocycles. The summed E-state index contributed by atoms with van der Waals surface area (Å²) in [6, 6.07) is 11.0. The summed E-state index contributed by atoms with van der Waals surface area (Å²) in [6.45, 7) is 0.162. The first-order chi connectivity index (χ1) is 11.2. The normalized spacial score (nSPS) is 17.3. The molecule has 0 spiro atoms. The quantitative estimate of drug-likeness (QED) is 0.632. The minimum Gasteiger partial charge on any atom is -0.454 e. The minimum atomic E-state index is -0.582. The van der Waals surface area contributed by atoms with E-state index in [2.05, 4.69) is 4.99 Å². The van der Waals surface area contributed by atoms with Crippen molar-refractivity contribution in [3.05, 3.63) is 65.1 Å². The number of benzene rings is 2. The Morgan fingerprint density at radius 1 is 1.09 bits per heavy atom. The van der Waals surface area contributed by atoms with E-state index in [4.69, 9.17) is 14.2 Å². The van der Waals surface area contributed by atoms with Crippen LogP contribution in [0, 0.1) is 5.82 Å². The number of halogens is 1. The summed E-state index contributed by atoms with van der Waals surface area (Å²) >= 11 is 0. The molecule has 114 valence electrons. The van der Waals surface area contributed by atoms with Gasteiger partial charge in [0.25, 0.3) is 0 Å². The molecule has 0 aromatic heterocycles. The van der Waals surface area contributed by atoms with E-state index in [-0.39, 0.29) is 24.2 Å². The van der Waals surface area contributed by atoms with Gasteiger partial charge >= 0.3 is 5.97 Å². The first-order valence-electron chi connectivity index (χ1n) is 6.87. The highest BCUT2D eigenvalue weighted by Gasteiger charge is 2.25. The van der Waals surface area contributed by atoms with Crippen molar-refractivity contribution < 1.29 is 23.4 Å². The van der Waals surface area contributed by atoms with Gasteiger partial charge in [0.2, 0.25) is 12.7 Å². The summed E-state index contributed by atoms with van der Waals surface area (Å²) in [5.74, 6) is 0.418. The molecule has 0 saturated carbocycles. The zero-order valence-electron chi connectivity index (χ0n) is 11.8. The van der Waals surface area contributed by atoms with Crippen molar-refractivity contribution in [2.45, 2.75) is 0 Å². The molecule has 4 rings (SSSR count). The number of hydrogen-bond acceptors (Lipinski definition) is 5. The van der Waals surface area contributed by atoms with Gasteiger partial charge in [-0.2, -0.15) is 0 Å². The average molecular weight is 311 g/mol. The van der Waals surface area contributed by atoms with Crippen molar-refractivity contribution in [2.75, 3.05) is 6.79 Å². The summed E-state index contributed by atoms with van der Waals surface area (Å²) in [6.07, 6.45) is 1.48. The molecule has 0 unspecified atom stereocenters. The minimum absolute atomic E-state index is 0.114. The van der Waals surface area contributed by atoms with Gasteiger partial charge in [-0.15, -0.1) is 0 Å². The highest BCUT2D eigenvalue weighted by Crippen LogP contribution is 2.33. The maximum atomic E-state index is 13.2. The number of fused-ring (bicyclic) bond motifs is 1. The van der Waals surface area contributed by atoms with Gasteiger partial charge < -0.3 is 14.2 Å². The molecule has 2 aliphatic rings. The Bertz CT molecular complexity index is 873. The van der Waals surface area contributed by atoms with Gasteiger partial charge in [-0.1, -0.05) is 12.1 Å². The van der Waals surface area contributed by atoms with E-state index in [1.54, 1.807) is 30.3 Å². The molecule has 0 saturated heterocycles. The highest BCUT2D eigenvalue weighted by molar-refractivity contribution is 6.13. The van der Waals surface area contributed by atoms with Crippen LogP contribution < -0.4 is 9.47 Å². The standard InChI is InChI=1S/C17H10FNO4/c18-12-3-1-2-10(6-12)7-13-17(20)23-16(19-13)11-4-5-14-15(8-11)22-9-21-14/h1-8H,9H2/b13-7+. The van der Waals surface area contributed by atoms with Crippen LogP contribution in [0.25, 0.3) is 6.08 Å². The lowest BCUT2D eigenvalue weighted by Gasteiger charge is -2.01. The highest BCUT2D eigenvalue weighted by atomic mass is 19.1. The van der Waals surface area contributed by atoms with Gasteiger partial charge in [0.15, 0.2) is 17.2 Å². The molecule has 2 aromatic rings. The lowest BCUT2D eigenvalue weighted by atomic mass is 10.2. The molecule has 23 heavy (non-hydrogen) atoms. The van der Waals surface area contributed by atoms with E-state index in [1.165, 1.54) is 18.2 Å². The second-order valence-electron chi connectivity index (χ2n) is 4.96. The number of rotatable bonds is 2. The van der Waals surface area contributed by atoms with Gasteiger partial charge in [-0.05, 0) is 42.0 Å². The maximum absolute atomic E-state index is 13.2. The monoisotopic (exact) mass is 311 g/mol. The van der Waals surface area contributed by atoms with E-state index in [9.17, 15) is 9.18 Å². The Labute approximate surface area is 130 Å². The second kappa shape index (κ2) is 5.24. The van der Waals surface area contributed by atoms with Gasteiger partial charge in [0.05, 0.1) is 0 Å². The molecule has 0 aliphatic carbocycles. The second-order valence-corrected chi connectivity index (χ2v) is 4.96. The lowest BCUT2D eigenvalue weighted by Crippen LogP contribution is -2.05. The van der Waals surface area contributed by atoms with Gasteiger partial charge in [-0.3, -0.25) is 0 Å². The molecule has 0 atom stereocenters. The summed E-state index contributed by atoms with van der Waals surface area (Å²) in [4.78, 5) is 16.1. The molecule has 0 bridgehead atoms. The average Bonchev–Trinajstić information content (AvgIpc) is 3.14. The van der Waals surface area contributed by atoms with E-state index < -0.39 is 5.97 Å². The van der Waals surface area contributed by atoms with Gasteiger partial charge in [-0.25, -0.2) is 14.2 Å². The number of nitrogens with zero attached hydrogens (tertiary/aromatic N) is 1. The molecule has 0 radical (unpaired) electrons. The third kappa shape index (κ3) is 2.55. The topological polar surface area (TPSA) is 57.1 Å². The van der Waals surface area contributed by atoms with Gasteiger partial charge in [0.1, 0.15) is 5.82 Å². The fourth-order valence-electron chi connectivity index (χ4n) is 2.32. The van der Waals surface area contributed by atoms with E-state index in [0.717, 1.165) is 0 Å². The number of carbonyl (C=O) groups excluding carboxylic acids is 1. The van der Waals surface area contributed by atoms with Crippen molar-refractivity contribution >= 4 is 17.9 Å². The molecule has 0 fully saturated rings. The Hall–Kier alpha value is -3.15. The number of ether oxygens (including phenoxy) is 3. The van der Waals surface area contributed by atoms with Crippen molar-refractivity contribution in [1.82, 2.24) is 0 Å². The van der Waals surface area contributed by atoms with Crippen molar-refractivity contribution in [3.8, 4) is 11.5 Å². The van der Waals surface area contributed by atoms with Crippen LogP contribution in [0.4, 0.5) is 4.39 Å². The van der Waals surface area contributed by atoms with Crippen LogP contribution in [0.1, 0.15) is 11.1 Å². The number of aliphatic imine (C=N–C) groups is 1. The zero-order chi connectivity index (χ0) is 15.8. The molecule has 2 aromatic carbocycles. The molecular formula is C17H10FNO4. The third-order valence-corrected chi connectivity index (χ3v) is 3.39. The van der Waals surface area contributed by atoms with Gasteiger partial charge in [0, 0.05) is 5.56 Å². The smallest absolute Gasteiger partial charge is 0.363 e. The predicted molar refractivity (Wildman–Crippen MR) is 79.6 cm³/mol. The Balaban J connectivity index is 1.67. The van der Waals surface area contributed by atoms with Crippen molar-refractivity contribution in [3.63, 3.8) is 0 Å². The first-order valence-corrected chi connectivity index (χ1v) is 6.87. The summed E-state index contributed by atoms with van der Waals surface area (Å²) in [5.41, 5.74) is 1.25. The van der Waals surface area contributed by atoms with E-state index >= 15 is 0 Å². The van der Waals surface area contributed by atoms with Crippen LogP contribution >= 0.6 is 0 Å². The number of carbonyl (C=O) groups is 1. The SMILES string of the molecule is O=C1OC(c2ccc3c(c2)OCO3)=N/C1=C/c1cccc(F)c1. The Morgan fingerprint density at radius 2 is 1.96 bits per heavy atom. The Kier molecular flexibility index (Phi) is 3.08. The summed E-state index contributed by atoms with van der Waals surface area (Å²) in [7, 11) is 0. The fourth-order valence-corrected chi connectivity index (χ4v) is 2.32. The molecular weight excluding hydrogens is 301 g/mol. The van der Waals surface area contributed by atoms with Crippen molar-refractivity contribution in [1.29, 1.82) is 0 Å². The van der Waals surface area contributed by atoms with Crippen LogP contribution in [0.3, 0.4) is 0 Å². The first kappa shape index (κ1) is 13.5. The molecule has 0 amide bonds. The molecule has 6 heteroatoms. The van der Waals surface area contributed by atoms with Crippen LogP contribution in [-0.2, 0) is 9.53 Å². The van der Waals surface area contributed by atoms with Crippen LogP contribution in [0.15, 0.2) is 53.2 Å². The molecule has 2 heterocycles. The van der Waals surface area contributed by atoms with E-state index in [1.807, 2.05) is 0 Å². The van der Waals surface area contributed by atoms with Crippen LogP contribution in [0.5, 0.6) is 11.5 Å². The Morgan fingerprint density at radius 3 is 2.83 bits per heavy atom. The lowest BCUT2D eigenvalue weighted by molar-refractivity contribution is -0.129. The predicted octanol–water partition coefficient (Wildman–Crippen LogP) is 2.90. The zero-order valence-corrected chi connectivity index (χ0v) is 11.8. The van der Waals surface area contributed by atoms with Crippen molar-refractivity contribution in [2.24, 2.45) is 4.99 Å². The summed E-state index contributed by atoms with van der Waals surface area (Å²) in [5, 5.41) is 0. The number of cyclic esters (lactones) is 1.